The third kappa shape index (κ3) is 4.27. The number of nitrogens with zero attached hydrogens (tertiary/aromatic N) is 2. The Kier molecular flexibility index (Phi) is 6.02. The Hall–Kier alpha value is -4.72. The van der Waals surface area contributed by atoms with E-state index in [9.17, 15) is 14.4 Å². The number of ether oxygens (including phenoxy) is 3. The van der Waals surface area contributed by atoms with Crippen LogP contribution in [0, 0.1) is 5.92 Å². The van der Waals surface area contributed by atoms with Crippen molar-refractivity contribution in [2.24, 2.45) is 5.92 Å². The molecular formula is C31H26N2O6. The van der Waals surface area contributed by atoms with Gasteiger partial charge < -0.3 is 18.8 Å². The monoisotopic (exact) mass is 522 g/mol. The molecule has 6 rings (SSSR count). The van der Waals surface area contributed by atoms with E-state index in [1.807, 2.05) is 44.2 Å². The van der Waals surface area contributed by atoms with E-state index < -0.39 is 11.9 Å². The number of hydrogen-bond donors (Lipinski definition) is 0. The van der Waals surface area contributed by atoms with Crippen LogP contribution < -0.4 is 19.8 Å². The molecule has 8 nitrogen and oxygen atoms in total. The van der Waals surface area contributed by atoms with Gasteiger partial charge in [0.15, 0.2) is 5.76 Å². The molecule has 0 saturated carbocycles. The van der Waals surface area contributed by atoms with Gasteiger partial charge in [0.2, 0.25) is 5.78 Å². The number of pyridine rings is 2. The highest BCUT2D eigenvalue weighted by atomic mass is 16.5. The lowest BCUT2D eigenvalue weighted by molar-refractivity contribution is -0.135. The molecule has 4 heterocycles. The number of carbonyl (C=O) groups excluding carboxylic acids is 2. The predicted molar refractivity (Wildman–Crippen MR) is 145 cm³/mol. The standard InChI is InChI=1S/C31H26N2O6/c1-17(2)16-33-24-8-6-20(37-3)12-19(24)13-23(31(33)36)22-14-27(34)38-25-9-7-21-29(35)26(39-30(21)28(22)25)11-18-5-4-10-32-15-18/h4-13,15,17,22H,14,16H2,1-3H3. The van der Waals surface area contributed by atoms with E-state index in [-0.39, 0.29) is 35.2 Å². The largest absolute Gasteiger partial charge is 0.497 e. The first-order valence-corrected chi connectivity index (χ1v) is 12.8. The van der Waals surface area contributed by atoms with Crippen LogP contribution in [0.25, 0.3) is 17.0 Å². The molecule has 8 heteroatoms. The van der Waals surface area contributed by atoms with Gasteiger partial charge in [-0.1, -0.05) is 19.9 Å². The van der Waals surface area contributed by atoms with Crippen LogP contribution >= 0.6 is 0 Å². The molecule has 1 atom stereocenters. The fourth-order valence-electron chi connectivity index (χ4n) is 5.30. The van der Waals surface area contributed by atoms with Gasteiger partial charge in [-0.15, -0.1) is 0 Å². The molecule has 0 amide bonds. The summed E-state index contributed by atoms with van der Waals surface area (Å²) < 4.78 is 18.9. The van der Waals surface area contributed by atoms with Crippen LogP contribution in [0.4, 0.5) is 0 Å². The van der Waals surface area contributed by atoms with Crippen molar-refractivity contribution < 1.29 is 23.8 Å². The minimum absolute atomic E-state index is 0.0605. The normalized spacial score (nSPS) is 17.2. The molecule has 2 aromatic heterocycles. The van der Waals surface area contributed by atoms with Gasteiger partial charge in [-0.2, -0.15) is 0 Å². The fraction of sp³-hybridized carbons (Fsp3) is 0.226. The number of fused-ring (bicyclic) bond motifs is 4. The quantitative estimate of drug-likeness (QED) is 0.204. The molecule has 1 unspecified atom stereocenters. The maximum absolute atomic E-state index is 14.0. The summed E-state index contributed by atoms with van der Waals surface area (Å²) in [6.45, 7) is 4.59. The SMILES string of the molecule is COc1ccc2c(c1)cc(C1CC(=O)Oc3ccc4c(c31)OC(=Cc1cccnc1)C4=O)c(=O)n2CC(C)C. The van der Waals surface area contributed by atoms with Gasteiger partial charge in [0.1, 0.15) is 17.2 Å². The van der Waals surface area contributed by atoms with E-state index in [2.05, 4.69) is 4.98 Å². The molecule has 2 aromatic carbocycles. The first-order valence-electron chi connectivity index (χ1n) is 12.8. The number of rotatable bonds is 5. The van der Waals surface area contributed by atoms with Gasteiger partial charge >= 0.3 is 5.97 Å². The van der Waals surface area contributed by atoms with Crippen molar-refractivity contribution in [3.05, 3.63) is 99.3 Å². The molecule has 39 heavy (non-hydrogen) atoms. The summed E-state index contributed by atoms with van der Waals surface area (Å²) in [5, 5.41) is 0.812. The number of allylic oxidation sites excluding steroid dienone is 1. The van der Waals surface area contributed by atoms with Crippen molar-refractivity contribution in [3.63, 3.8) is 0 Å². The number of hydrogen-bond acceptors (Lipinski definition) is 7. The smallest absolute Gasteiger partial charge is 0.312 e. The maximum atomic E-state index is 14.0. The fourth-order valence-corrected chi connectivity index (χ4v) is 5.30. The highest BCUT2D eigenvalue weighted by Crippen LogP contribution is 2.48. The number of methoxy groups -OCH3 is 1. The lowest BCUT2D eigenvalue weighted by Gasteiger charge is -2.27. The van der Waals surface area contributed by atoms with E-state index in [0.29, 0.717) is 40.3 Å². The predicted octanol–water partition coefficient (Wildman–Crippen LogP) is 5.12. The zero-order valence-corrected chi connectivity index (χ0v) is 21.8. The van der Waals surface area contributed by atoms with E-state index in [1.54, 1.807) is 48.3 Å². The van der Waals surface area contributed by atoms with Crippen LogP contribution in [0.5, 0.6) is 17.2 Å². The van der Waals surface area contributed by atoms with Gasteiger partial charge in [0.25, 0.3) is 5.56 Å². The van der Waals surface area contributed by atoms with Crippen molar-refractivity contribution in [2.75, 3.05) is 7.11 Å². The molecule has 2 aliphatic heterocycles. The first kappa shape index (κ1) is 24.6. The Labute approximate surface area is 224 Å². The molecule has 0 N–H and O–H groups in total. The second-order valence-electron chi connectivity index (χ2n) is 10.1. The Morgan fingerprint density at radius 3 is 2.69 bits per heavy atom. The lowest BCUT2D eigenvalue weighted by Crippen LogP contribution is -2.31. The zero-order chi connectivity index (χ0) is 27.3. The number of carbonyl (C=O) groups is 2. The highest BCUT2D eigenvalue weighted by molar-refractivity contribution is 6.15. The van der Waals surface area contributed by atoms with E-state index >= 15 is 0 Å². The molecule has 4 aromatic rings. The lowest BCUT2D eigenvalue weighted by atomic mass is 9.84. The average molecular weight is 523 g/mol. The number of ketones is 1. The molecule has 0 fully saturated rings. The summed E-state index contributed by atoms with van der Waals surface area (Å²) >= 11 is 0. The van der Waals surface area contributed by atoms with Crippen LogP contribution in [-0.4, -0.2) is 28.4 Å². The summed E-state index contributed by atoms with van der Waals surface area (Å²) in [7, 11) is 1.59. The average Bonchev–Trinajstić information content (AvgIpc) is 3.24. The molecule has 0 aliphatic carbocycles. The second kappa shape index (κ2) is 9.54. The summed E-state index contributed by atoms with van der Waals surface area (Å²) in [6.07, 6.45) is 4.85. The number of benzene rings is 2. The van der Waals surface area contributed by atoms with Gasteiger partial charge in [-0.05, 0) is 60.0 Å². The zero-order valence-electron chi connectivity index (χ0n) is 21.8. The van der Waals surface area contributed by atoms with Crippen LogP contribution in [0.2, 0.25) is 0 Å². The van der Waals surface area contributed by atoms with E-state index in [4.69, 9.17) is 14.2 Å². The second-order valence-corrected chi connectivity index (χ2v) is 10.1. The molecule has 2 aliphatic rings. The molecular weight excluding hydrogens is 496 g/mol. The molecule has 0 radical (unpaired) electrons. The Balaban J connectivity index is 1.55. The van der Waals surface area contributed by atoms with Gasteiger partial charge in [0.05, 0.1) is 24.6 Å². The summed E-state index contributed by atoms with van der Waals surface area (Å²) in [4.78, 5) is 44.1. The van der Waals surface area contributed by atoms with E-state index in [0.717, 1.165) is 10.9 Å². The van der Waals surface area contributed by atoms with Crippen molar-refractivity contribution in [1.29, 1.82) is 0 Å². The summed E-state index contributed by atoms with van der Waals surface area (Å²) in [5.74, 6) is 0.197. The molecule has 0 saturated heterocycles. The Morgan fingerprint density at radius 1 is 1.10 bits per heavy atom. The third-order valence-corrected chi connectivity index (χ3v) is 7.01. The first-order chi connectivity index (χ1) is 18.8. The van der Waals surface area contributed by atoms with Crippen LogP contribution in [0.1, 0.15) is 53.2 Å². The van der Waals surface area contributed by atoms with Gasteiger partial charge in [-0.3, -0.25) is 19.4 Å². The molecule has 0 spiro atoms. The maximum Gasteiger partial charge on any atom is 0.312 e. The minimum Gasteiger partial charge on any atom is -0.497 e. The number of esters is 1. The molecule has 196 valence electrons. The van der Waals surface area contributed by atoms with Crippen LogP contribution in [-0.2, 0) is 11.3 Å². The van der Waals surface area contributed by atoms with Crippen molar-refractivity contribution in [2.45, 2.75) is 32.7 Å². The third-order valence-electron chi connectivity index (χ3n) is 7.01. The molecule has 0 bridgehead atoms. The number of aromatic nitrogens is 2. The van der Waals surface area contributed by atoms with Crippen molar-refractivity contribution >= 4 is 28.7 Å². The highest BCUT2D eigenvalue weighted by Gasteiger charge is 2.39. The Bertz CT molecular complexity index is 1740. The van der Waals surface area contributed by atoms with Crippen LogP contribution in [0.15, 0.2) is 71.5 Å². The van der Waals surface area contributed by atoms with Crippen LogP contribution in [0.3, 0.4) is 0 Å². The number of Topliss-reactive ketones (excluding diaryl/α,β-unsaturated/α-hetero) is 1. The van der Waals surface area contributed by atoms with Gasteiger partial charge in [-0.25, -0.2) is 0 Å². The topological polar surface area (TPSA) is 96.7 Å². The summed E-state index contributed by atoms with van der Waals surface area (Å²) in [6, 6.07) is 14.2. The Morgan fingerprint density at radius 2 is 1.95 bits per heavy atom. The van der Waals surface area contributed by atoms with Crippen molar-refractivity contribution in [3.8, 4) is 17.2 Å². The van der Waals surface area contributed by atoms with Crippen molar-refractivity contribution in [1.82, 2.24) is 9.55 Å². The summed E-state index contributed by atoms with van der Waals surface area (Å²) in [5.41, 5.74) is 2.61. The minimum atomic E-state index is -0.664. The van der Waals surface area contributed by atoms with Gasteiger partial charge in [0, 0.05) is 41.4 Å². The van der Waals surface area contributed by atoms with E-state index in [1.165, 1.54) is 0 Å².